The molecular weight excluding hydrogens is 487 g/mol. The summed E-state index contributed by atoms with van der Waals surface area (Å²) in [4.78, 5) is 4.13. The lowest BCUT2D eigenvalue weighted by Gasteiger charge is -2.01. The van der Waals surface area contributed by atoms with E-state index in [1.165, 1.54) is 0 Å². The number of para-hydroxylation sites is 2. The third-order valence-electron chi connectivity index (χ3n) is 5.09. The van der Waals surface area contributed by atoms with Crippen molar-refractivity contribution in [3.8, 4) is 11.4 Å². The number of amidine groups is 1. The predicted octanol–water partition coefficient (Wildman–Crippen LogP) is 5.33. The average Bonchev–Trinajstić information content (AvgIpc) is 3.51. The highest BCUT2D eigenvalue weighted by Crippen LogP contribution is 2.38. The molecule has 5 aromatic rings. The summed E-state index contributed by atoms with van der Waals surface area (Å²) in [6, 6.07) is 15.7. The van der Waals surface area contributed by atoms with Crippen molar-refractivity contribution in [1.82, 2.24) is 19.3 Å². The second-order valence-electron chi connectivity index (χ2n) is 7.25. The van der Waals surface area contributed by atoms with Crippen LogP contribution in [0.2, 0.25) is 0 Å². The van der Waals surface area contributed by atoms with Crippen molar-refractivity contribution in [2.45, 2.75) is 3.79 Å². The molecule has 0 fully saturated rings. The van der Waals surface area contributed by atoms with Gasteiger partial charge < -0.3 is 24.6 Å². The predicted molar refractivity (Wildman–Crippen MR) is 131 cm³/mol. The van der Waals surface area contributed by atoms with Gasteiger partial charge in [0, 0.05) is 59.4 Å². The van der Waals surface area contributed by atoms with Crippen LogP contribution in [0.15, 0.2) is 70.6 Å². The Labute approximate surface area is 203 Å². The van der Waals surface area contributed by atoms with Gasteiger partial charge in [-0.25, -0.2) is 0 Å². The summed E-state index contributed by atoms with van der Waals surface area (Å²) >= 11 is 17.1. The number of halogens is 3. The van der Waals surface area contributed by atoms with Gasteiger partial charge >= 0.3 is 0 Å². The molecule has 33 heavy (non-hydrogen) atoms. The van der Waals surface area contributed by atoms with Crippen molar-refractivity contribution in [3.63, 3.8) is 0 Å². The van der Waals surface area contributed by atoms with E-state index in [0.717, 1.165) is 32.9 Å². The van der Waals surface area contributed by atoms with E-state index in [-0.39, 0.29) is 11.7 Å². The Hall–Kier alpha value is -3.20. The molecule has 0 saturated carbocycles. The van der Waals surface area contributed by atoms with Crippen LogP contribution in [-0.2, 0) is 17.9 Å². The number of hydrogen-bond donors (Lipinski definition) is 2. The number of fused-ring (bicyclic) bond motifs is 2. The van der Waals surface area contributed by atoms with Crippen molar-refractivity contribution in [2.24, 2.45) is 25.0 Å². The molecule has 0 spiro atoms. The first-order valence-electron chi connectivity index (χ1n) is 9.68. The molecule has 0 amide bonds. The maximum Gasteiger partial charge on any atom is 0.279 e. The zero-order valence-electron chi connectivity index (χ0n) is 17.6. The third kappa shape index (κ3) is 4.50. The summed E-state index contributed by atoms with van der Waals surface area (Å²) in [6.45, 7) is 0. The Morgan fingerprint density at radius 2 is 1.55 bits per heavy atom. The molecule has 0 bridgehead atoms. The fraction of sp³-hybridized carbons (Fsp3) is 0.136. The molecule has 0 aliphatic rings. The molecule has 3 aromatic heterocycles. The summed E-state index contributed by atoms with van der Waals surface area (Å²) < 4.78 is 7.19. The number of aromatic nitrogens is 4. The Bertz CT molecular complexity index is 1460. The molecular formula is C22H19Cl3N6O2. The van der Waals surface area contributed by atoms with Crippen LogP contribution in [-0.4, -0.2) is 30.3 Å². The molecule has 0 atom stereocenters. The number of nitrogens with two attached hydrogens (primary N) is 1. The summed E-state index contributed by atoms with van der Waals surface area (Å²) in [5.41, 5.74) is 9.28. The highest BCUT2D eigenvalue weighted by Gasteiger charge is 2.31. The molecule has 0 unspecified atom stereocenters. The molecule has 0 aliphatic carbocycles. The second-order valence-corrected chi connectivity index (χ2v) is 9.53. The van der Waals surface area contributed by atoms with Gasteiger partial charge in [0.2, 0.25) is 5.82 Å². The van der Waals surface area contributed by atoms with Gasteiger partial charge in [0.1, 0.15) is 0 Å². The van der Waals surface area contributed by atoms with Gasteiger partial charge in [0.15, 0.2) is 5.84 Å². The van der Waals surface area contributed by atoms with Crippen LogP contribution in [0.25, 0.3) is 33.2 Å². The van der Waals surface area contributed by atoms with Crippen molar-refractivity contribution >= 4 is 62.4 Å². The minimum Gasteiger partial charge on any atom is -0.409 e. The Kier molecular flexibility index (Phi) is 6.25. The van der Waals surface area contributed by atoms with Crippen LogP contribution in [0.5, 0.6) is 0 Å². The first-order valence-corrected chi connectivity index (χ1v) is 10.8. The molecule has 3 N–H and O–H groups in total. The van der Waals surface area contributed by atoms with Crippen LogP contribution in [0.3, 0.4) is 0 Å². The first-order chi connectivity index (χ1) is 15.7. The number of hydrogen-bond acceptors (Lipinski definition) is 5. The van der Waals surface area contributed by atoms with E-state index >= 15 is 0 Å². The van der Waals surface area contributed by atoms with Crippen molar-refractivity contribution in [3.05, 3.63) is 72.4 Å². The molecule has 0 saturated heterocycles. The Morgan fingerprint density at radius 1 is 0.970 bits per heavy atom. The smallest absolute Gasteiger partial charge is 0.279 e. The zero-order chi connectivity index (χ0) is 23.8. The molecule has 8 nitrogen and oxygen atoms in total. The van der Waals surface area contributed by atoms with Gasteiger partial charge in [-0.2, -0.15) is 4.98 Å². The van der Waals surface area contributed by atoms with Gasteiger partial charge in [-0.3, -0.25) is 0 Å². The number of oxime groups is 1. The van der Waals surface area contributed by atoms with Crippen LogP contribution in [0.1, 0.15) is 11.5 Å². The van der Waals surface area contributed by atoms with E-state index in [1.54, 1.807) is 0 Å². The zero-order valence-corrected chi connectivity index (χ0v) is 19.8. The van der Waals surface area contributed by atoms with E-state index in [9.17, 15) is 0 Å². The van der Waals surface area contributed by atoms with Crippen molar-refractivity contribution < 1.29 is 9.73 Å². The van der Waals surface area contributed by atoms with E-state index in [0.29, 0.717) is 5.82 Å². The fourth-order valence-electron chi connectivity index (χ4n) is 3.57. The average molecular weight is 506 g/mol. The number of aryl methyl sites for hydroxylation is 2. The Balaban J connectivity index is 0.000000165. The quantitative estimate of drug-likeness (QED) is 0.111. The highest BCUT2D eigenvalue weighted by molar-refractivity contribution is 6.66. The lowest BCUT2D eigenvalue weighted by molar-refractivity contribution is 0.318. The third-order valence-corrected chi connectivity index (χ3v) is 5.57. The fourth-order valence-corrected chi connectivity index (χ4v) is 3.80. The lowest BCUT2D eigenvalue weighted by atomic mass is 10.1. The number of nitrogens with zero attached hydrogens (tertiary/aromatic N) is 5. The van der Waals surface area contributed by atoms with Gasteiger partial charge in [-0.05, 0) is 12.1 Å². The summed E-state index contributed by atoms with van der Waals surface area (Å²) in [5.74, 6) is 0.500. The minimum absolute atomic E-state index is 0.0413. The molecule has 5 rings (SSSR count). The largest absolute Gasteiger partial charge is 0.409 e. The highest BCUT2D eigenvalue weighted by atomic mass is 35.6. The second kappa shape index (κ2) is 8.97. The molecule has 2 aromatic carbocycles. The maximum atomic E-state index is 8.61. The number of benzene rings is 2. The van der Waals surface area contributed by atoms with Crippen LogP contribution < -0.4 is 5.73 Å². The SMILES string of the molecule is Cn1cc(-c2noc(C(Cl)(Cl)Cl)n2)c2ccccc21.Cn1cc(C(N)=NO)c2ccccc21. The summed E-state index contributed by atoms with van der Waals surface area (Å²) in [6.07, 6.45) is 3.76. The topological polar surface area (TPSA) is 107 Å². The monoisotopic (exact) mass is 504 g/mol. The van der Waals surface area contributed by atoms with Crippen LogP contribution >= 0.6 is 34.8 Å². The first kappa shape index (κ1) is 23.0. The number of rotatable bonds is 2. The van der Waals surface area contributed by atoms with Crippen molar-refractivity contribution in [2.75, 3.05) is 0 Å². The van der Waals surface area contributed by atoms with Crippen LogP contribution in [0, 0.1) is 0 Å². The lowest BCUT2D eigenvalue weighted by Crippen LogP contribution is -2.12. The van der Waals surface area contributed by atoms with Crippen LogP contribution in [0.4, 0.5) is 0 Å². The van der Waals surface area contributed by atoms with Crippen molar-refractivity contribution in [1.29, 1.82) is 0 Å². The van der Waals surface area contributed by atoms with E-state index in [4.69, 9.17) is 50.3 Å². The summed E-state index contributed by atoms with van der Waals surface area (Å²) in [5, 5.41) is 17.5. The minimum atomic E-state index is -1.71. The maximum absolute atomic E-state index is 8.61. The van der Waals surface area contributed by atoms with E-state index < -0.39 is 3.79 Å². The van der Waals surface area contributed by atoms with Gasteiger partial charge in [-0.1, -0.05) is 81.5 Å². The molecule has 3 heterocycles. The molecule has 0 radical (unpaired) electrons. The van der Waals surface area contributed by atoms with Gasteiger partial charge in [0.05, 0.1) is 0 Å². The number of alkyl halides is 3. The van der Waals surface area contributed by atoms with Gasteiger partial charge in [-0.15, -0.1) is 0 Å². The Morgan fingerprint density at radius 3 is 2.15 bits per heavy atom. The van der Waals surface area contributed by atoms with E-state index in [1.807, 2.05) is 84.2 Å². The standard InChI is InChI=1S/C12H8Cl3N3O.C10H11N3O/c1-18-6-8(7-4-2-3-5-9(7)18)10-16-11(19-17-10)12(13,14)15;1-13-6-8(10(11)12-14)7-4-2-3-5-9(7)13/h2-6H,1H3;2-6,14H,1H3,(H2,11,12). The van der Waals surface area contributed by atoms with E-state index in [2.05, 4.69) is 15.3 Å². The normalized spacial score (nSPS) is 12.2. The molecule has 170 valence electrons. The molecule has 0 aliphatic heterocycles. The molecule has 11 heteroatoms. The van der Waals surface area contributed by atoms with Gasteiger partial charge in [0.25, 0.3) is 9.68 Å². The summed E-state index contributed by atoms with van der Waals surface area (Å²) in [7, 11) is 3.87.